The monoisotopic (exact) mass is 179 g/mol. The Labute approximate surface area is 74.8 Å². The minimum Gasteiger partial charge on any atom is -0.481 e. The van der Waals surface area contributed by atoms with Crippen LogP contribution in [-0.2, 0) is 4.79 Å². The van der Waals surface area contributed by atoms with E-state index in [4.69, 9.17) is 5.11 Å². The second kappa shape index (κ2) is 2.73. The van der Waals surface area contributed by atoms with Crippen LogP contribution in [0.2, 0.25) is 0 Å². The summed E-state index contributed by atoms with van der Waals surface area (Å²) in [4.78, 5) is 21.8. The maximum atomic E-state index is 11.3. The van der Waals surface area contributed by atoms with Gasteiger partial charge in [-0.2, -0.15) is 0 Å². The zero-order valence-corrected chi connectivity index (χ0v) is 6.93. The molecule has 1 aliphatic heterocycles. The summed E-state index contributed by atoms with van der Waals surface area (Å²) < 4.78 is 1.75. The number of carboxylic acid groups (broad SMARTS) is 1. The Balaban J connectivity index is 2.28. The fourth-order valence-electron chi connectivity index (χ4n) is 1.74. The lowest BCUT2D eigenvalue weighted by atomic mass is 10.1. The number of carbonyl (C=O) groups is 2. The molecule has 4 heteroatoms. The highest BCUT2D eigenvalue weighted by Crippen LogP contribution is 2.28. The van der Waals surface area contributed by atoms with Gasteiger partial charge in [-0.1, -0.05) is 0 Å². The van der Waals surface area contributed by atoms with Gasteiger partial charge < -0.3 is 9.67 Å². The van der Waals surface area contributed by atoms with Crippen LogP contribution in [0.15, 0.2) is 18.3 Å². The Hall–Kier alpha value is -1.58. The van der Waals surface area contributed by atoms with Crippen LogP contribution >= 0.6 is 0 Å². The highest BCUT2D eigenvalue weighted by molar-refractivity contribution is 5.97. The van der Waals surface area contributed by atoms with Crippen molar-refractivity contribution in [3.8, 4) is 0 Å². The summed E-state index contributed by atoms with van der Waals surface area (Å²) in [6, 6.07) is 3.31. The molecule has 0 amide bonds. The predicted octanol–water partition coefficient (Wildman–Crippen LogP) is 1.09. The molecule has 13 heavy (non-hydrogen) atoms. The Bertz CT molecular complexity index is 367. The number of rotatable bonds is 2. The van der Waals surface area contributed by atoms with Crippen molar-refractivity contribution in [3.05, 3.63) is 24.0 Å². The number of ketones is 1. The quantitative estimate of drug-likeness (QED) is 0.739. The SMILES string of the molecule is O=C(O)C[C@@H]1CC(=O)c2cccn21. The molecule has 0 fully saturated rings. The summed E-state index contributed by atoms with van der Waals surface area (Å²) >= 11 is 0. The molecule has 0 radical (unpaired) electrons. The Morgan fingerprint density at radius 1 is 1.69 bits per heavy atom. The van der Waals surface area contributed by atoms with Crippen LogP contribution in [-0.4, -0.2) is 21.4 Å². The van der Waals surface area contributed by atoms with Crippen LogP contribution in [0.4, 0.5) is 0 Å². The van der Waals surface area contributed by atoms with Crippen LogP contribution in [0.5, 0.6) is 0 Å². The average molecular weight is 179 g/mol. The topological polar surface area (TPSA) is 59.3 Å². The maximum Gasteiger partial charge on any atom is 0.305 e. The molecule has 1 atom stereocenters. The van der Waals surface area contributed by atoms with Gasteiger partial charge in [-0.3, -0.25) is 9.59 Å². The molecule has 1 aromatic rings. The number of fused-ring (bicyclic) bond motifs is 1. The van der Waals surface area contributed by atoms with Gasteiger partial charge in [-0.05, 0) is 12.1 Å². The van der Waals surface area contributed by atoms with E-state index in [9.17, 15) is 9.59 Å². The summed E-state index contributed by atoms with van der Waals surface area (Å²) in [5.74, 6) is -0.824. The molecule has 4 nitrogen and oxygen atoms in total. The third kappa shape index (κ3) is 1.24. The molecule has 68 valence electrons. The molecule has 0 saturated carbocycles. The van der Waals surface area contributed by atoms with Gasteiger partial charge in [-0.15, -0.1) is 0 Å². The molecular weight excluding hydrogens is 170 g/mol. The van der Waals surface area contributed by atoms with Crippen LogP contribution < -0.4 is 0 Å². The van der Waals surface area contributed by atoms with Crippen molar-refractivity contribution in [1.29, 1.82) is 0 Å². The number of aliphatic carboxylic acids is 1. The Morgan fingerprint density at radius 3 is 3.15 bits per heavy atom. The molecule has 2 heterocycles. The van der Waals surface area contributed by atoms with E-state index in [0.717, 1.165) is 0 Å². The van der Waals surface area contributed by atoms with Gasteiger partial charge in [-0.25, -0.2) is 0 Å². The van der Waals surface area contributed by atoms with E-state index in [2.05, 4.69) is 0 Å². The van der Waals surface area contributed by atoms with Crippen molar-refractivity contribution in [1.82, 2.24) is 4.57 Å². The first-order chi connectivity index (χ1) is 6.18. The van der Waals surface area contributed by atoms with Crippen LogP contribution in [0.3, 0.4) is 0 Å². The van der Waals surface area contributed by atoms with E-state index >= 15 is 0 Å². The predicted molar refractivity (Wildman–Crippen MR) is 44.7 cm³/mol. The van der Waals surface area contributed by atoms with Crippen LogP contribution in [0.25, 0.3) is 0 Å². The highest BCUT2D eigenvalue weighted by atomic mass is 16.4. The van der Waals surface area contributed by atoms with E-state index < -0.39 is 5.97 Å². The van der Waals surface area contributed by atoms with Gasteiger partial charge in [0.05, 0.1) is 18.2 Å². The summed E-state index contributed by atoms with van der Waals surface area (Å²) in [7, 11) is 0. The zero-order chi connectivity index (χ0) is 9.42. The van der Waals surface area contributed by atoms with Crippen molar-refractivity contribution in [3.63, 3.8) is 0 Å². The molecular formula is C9H9NO3. The minimum atomic E-state index is -0.862. The molecule has 0 spiro atoms. The molecule has 1 aromatic heterocycles. The summed E-state index contributed by atoms with van der Waals surface area (Å²) in [5, 5.41) is 8.60. The van der Waals surface area contributed by atoms with Crippen molar-refractivity contribution in [2.24, 2.45) is 0 Å². The van der Waals surface area contributed by atoms with Crippen molar-refractivity contribution < 1.29 is 14.7 Å². The second-order valence-corrected chi connectivity index (χ2v) is 3.18. The fraction of sp³-hybridized carbons (Fsp3) is 0.333. The molecule has 0 bridgehead atoms. The molecule has 2 rings (SSSR count). The normalized spacial score (nSPS) is 20.3. The number of aromatic nitrogens is 1. The van der Waals surface area contributed by atoms with E-state index in [-0.39, 0.29) is 18.2 Å². The summed E-state index contributed by atoms with van der Waals surface area (Å²) in [6.07, 6.45) is 2.10. The molecule has 0 aliphatic carbocycles. The van der Waals surface area contributed by atoms with Crippen LogP contribution in [0, 0.1) is 0 Å². The van der Waals surface area contributed by atoms with Crippen molar-refractivity contribution in [2.45, 2.75) is 18.9 Å². The van der Waals surface area contributed by atoms with Crippen LogP contribution in [0.1, 0.15) is 29.4 Å². The van der Waals surface area contributed by atoms with E-state index in [1.54, 1.807) is 22.9 Å². The summed E-state index contributed by atoms with van der Waals surface area (Å²) in [5.41, 5.74) is 0.631. The first-order valence-corrected chi connectivity index (χ1v) is 4.10. The lowest BCUT2D eigenvalue weighted by Crippen LogP contribution is -2.08. The molecule has 0 aromatic carbocycles. The van der Waals surface area contributed by atoms with Crippen molar-refractivity contribution >= 4 is 11.8 Å². The maximum absolute atomic E-state index is 11.3. The van der Waals surface area contributed by atoms with Gasteiger partial charge in [0.15, 0.2) is 5.78 Å². The van der Waals surface area contributed by atoms with E-state index in [0.29, 0.717) is 12.1 Å². The molecule has 0 unspecified atom stereocenters. The minimum absolute atomic E-state index is 0.0212. The number of nitrogens with zero attached hydrogens (tertiary/aromatic N) is 1. The van der Waals surface area contributed by atoms with Gasteiger partial charge >= 0.3 is 5.97 Å². The summed E-state index contributed by atoms with van der Waals surface area (Å²) in [6.45, 7) is 0. The number of Topliss-reactive ketones (excluding diaryl/α,β-unsaturated/α-hetero) is 1. The number of hydrogen-bond acceptors (Lipinski definition) is 2. The van der Waals surface area contributed by atoms with E-state index in [1.165, 1.54) is 0 Å². The number of hydrogen-bond donors (Lipinski definition) is 1. The lowest BCUT2D eigenvalue weighted by molar-refractivity contribution is -0.137. The standard InChI is InChI=1S/C9H9NO3/c11-8-4-6(5-9(12)13)10-3-1-2-7(8)10/h1-3,6H,4-5H2,(H,12,13)/t6-/m0/s1. The largest absolute Gasteiger partial charge is 0.481 e. The van der Waals surface area contributed by atoms with Gasteiger partial charge in [0.2, 0.25) is 0 Å². The molecule has 0 saturated heterocycles. The third-order valence-electron chi connectivity index (χ3n) is 2.29. The molecule has 1 aliphatic rings. The van der Waals surface area contributed by atoms with Crippen molar-refractivity contribution in [2.75, 3.05) is 0 Å². The zero-order valence-electron chi connectivity index (χ0n) is 6.93. The lowest BCUT2D eigenvalue weighted by Gasteiger charge is -2.08. The smallest absolute Gasteiger partial charge is 0.305 e. The molecule has 1 N–H and O–H groups in total. The first kappa shape index (κ1) is 8.04. The van der Waals surface area contributed by atoms with Gasteiger partial charge in [0.1, 0.15) is 0 Å². The first-order valence-electron chi connectivity index (χ1n) is 4.10. The van der Waals surface area contributed by atoms with Gasteiger partial charge in [0, 0.05) is 12.6 Å². The van der Waals surface area contributed by atoms with E-state index in [1.807, 2.05) is 0 Å². The Morgan fingerprint density at radius 2 is 2.46 bits per heavy atom. The fourth-order valence-corrected chi connectivity index (χ4v) is 1.74. The average Bonchev–Trinajstić information content (AvgIpc) is 2.56. The third-order valence-corrected chi connectivity index (χ3v) is 2.29. The highest BCUT2D eigenvalue weighted by Gasteiger charge is 2.29. The van der Waals surface area contributed by atoms with Gasteiger partial charge in [0.25, 0.3) is 0 Å². The Kier molecular flexibility index (Phi) is 1.69. The number of carboxylic acids is 1. The number of carbonyl (C=O) groups excluding carboxylic acids is 1. The second-order valence-electron chi connectivity index (χ2n) is 3.18.